The maximum absolute atomic E-state index is 14.7. The summed E-state index contributed by atoms with van der Waals surface area (Å²) in [5.74, 6) is -3.26. The van der Waals surface area contributed by atoms with Gasteiger partial charge in [0.2, 0.25) is 11.8 Å². The Labute approximate surface area is 215 Å². The molecule has 8 heteroatoms. The topological polar surface area (TPSA) is 66.9 Å². The van der Waals surface area contributed by atoms with E-state index in [1.165, 1.54) is 25.3 Å². The van der Waals surface area contributed by atoms with Crippen molar-refractivity contribution < 1.29 is 23.5 Å². The molecule has 36 heavy (non-hydrogen) atoms. The van der Waals surface area contributed by atoms with E-state index in [0.29, 0.717) is 15.8 Å². The van der Waals surface area contributed by atoms with Crippen LogP contribution >= 0.6 is 15.9 Å². The zero-order chi connectivity index (χ0) is 25.1. The molecule has 2 amide bonds. The van der Waals surface area contributed by atoms with Crippen LogP contribution in [-0.4, -0.2) is 35.6 Å². The van der Waals surface area contributed by atoms with Crippen LogP contribution < -0.4 is 9.64 Å². The molecule has 3 heterocycles. The predicted molar refractivity (Wildman–Crippen MR) is 135 cm³/mol. The second kappa shape index (κ2) is 8.41. The molecule has 6 nitrogen and oxygen atoms in total. The van der Waals surface area contributed by atoms with Crippen LogP contribution in [0.2, 0.25) is 0 Å². The summed E-state index contributed by atoms with van der Waals surface area (Å²) in [5, 5.41) is 0. The molecule has 0 radical (unpaired) electrons. The van der Waals surface area contributed by atoms with Gasteiger partial charge in [0.25, 0.3) is 0 Å². The third kappa shape index (κ3) is 3.17. The van der Waals surface area contributed by atoms with Crippen molar-refractivity contribution in [1.82, 2.24) is 4.90 Å². The van der Waals surface area contributed by atoms with Crippen molar-refractivity contribution in [2.45, 2.75) is 12.1 Å². The van der Waals surface area contributed by atoms with Crippen molar-refractivity contribution in [2.75, 3.05) is 12.0 Å². The first-order valence-corrected chi connectivity index (χ1v) is 12.3. The fourth-order valence-corrected chi connectivity index (χ4v) is 6.26. The highest BCUT2D eigenvalue weighted by Crippen LogP contribution is 2.54. The van der Waals surface area contributed by atoms with Gasteiger partial charge in [0, 0.05) is 11.8 Å². The first kappa shape index (κ1) is 22.7. The Morgan fingerprint density at radius 3 is 2.44 bits per heavy atom. The summed E-state index contributed by atoms with van der Waals surface area (Å²) < 4.78 is 20.6. The molecule has 0 aliphatic carbocycles. The van der Waals surface area contributed by atoms with Gasteiger partial charge in [0.05, 0.1) is 35.1 Å². The van der Waals surface area contributed by atoms with Crippen LogP contribution in [0.3, 0.4) is 0 Å². The molecule has 0 spiro atoms. The number of nitrogens with zero attached hydrogens (tertiary/aromatic N) is 2. The van der Waals surface area contributed by atoms with Crippen molar-refractivity contribution in [3.63, 3.8) is 0 Å². The first-order chi connectivity index (χ1) is 17.4. The highest BCUT2D eigenvalue weighted by Gasteiger charge is 2.64. The van der Waals surface area contributed by atoms with Crippen molar-refractivity contribution in [1.29, 1.82) is 0 Å². The average molecular weight is 547 g/mol. The minimum absolute atomic E-state index is 0.0912. The molecule has 2 fully saturated rings. The number of rotatable bonds is 4. The van der Waals surface area contributed by atoms with Gasteiger partial charge in [-0.1, -0.05) is 36.4 Å². The number of benzene rings is 3. The molecule has 0 aromatic heterocycles. The van der Waals surface area contributed by atoms with Gasteiger partial charge in [-0.25, -0.2) is 9.29 Å². The van der Waals surface area contributed by atoms with E-state index in [0.717, 1.165) is 16.0 Å². The second-order valence-electron chi connectivity index (χ2n) is 9.01. The minimum atomic E-state index is -0.966. The number of ether oxygens (including phenoxy) is 1. The lowest BCUT2D eigenvalue weighted by Gasteiger charge is -2.35. The van der Waals surface area contributed by atoms with E-state index in [2.05, 4.69) is 15.9 Å². The average Bonchev–Trinajstić information content (AvgIpc) is 3.36. The zero-order valence-corrected chi connectivity index (χ0v) is 20.7. The maximum atomic E-state index is 14.7. The molecule has 0 N–H and O–H groups in total. The number of methoxy groups -OCH3 is 1. The summed E-state index contributed by atoms with van der Waals surface area (Å²) in [6.45, 7) is 0. The number of carbonyl (C=O) groups is 3. The number of ketones is 1. The van der Waals surface area contributed by atoms with Gasteiger partial charge in [0.1, 0.15) is 17.6 Å². The molecule has 0 saturated carbocycles. The number of hydrogen-bond acceptors (Lipinski definition) is 5. The predicted octanol–water partition coefficient (Wildman–Crippen LogP) is 5.00. The monoisotopic (exact) mass is 546 g/mol. The molecule has 3 aliphatic heterocycles. The van der Waals surface area contributed by atoms with Crippen LogP contribution in [0.1, 0.15) is 27.5 Å². The number of anilines is 1. The number of Topliss-reactive ketones (excluding diaryl/α,β-unsaturated/α-hetero) is 1. The summed E-state index contributed by atoms with van der Waals surface area (Å²) in [7, 11) is 1.53. The van der Waals surface area contributed by atoms with E-state index in [1.807, 2.05) is 35.2 Å². The number of hydrogen-bond donors (Lipinski definition) is 0. The van der Waals surface area contributed by atoms with E-state index in [9.17, 15) is 18.8 Å². The summed E-state index contributed by atoms with van der Waals surface area (Å²) >= 11 is 3.42. The van der Waals surface area contributed by atoms with Crippen molar-refractivity contribution in [3.8, 4) is 5.75 Å². The maximum Gasteiger partial charge on any atom is 0.240 e. The second-order valence-corrected chi connectivity index (χ2v) is 9.86. The molecule has 0 bridgehead atoms. The normalized spacial score (nSPS) is 24.0. The number of imide groups is 1. The molecular formula is C28H20BrFN2O4. The smallest absolute Gasteiger partial charge is 0.240 e. The Hall–Kier alpha value is -3.78. The minimum Gasteiger partial charge on any atom is -0.496 e. The van der Waals surface area contributed by atoms with Gasteiger partial charge in [-0.3, -0.25) is 14.4 Å². The highest BCUT2D eigenvalue weighted by atomic mass is 79.9. The fraction of sp³-hybridized carbons (Fsp3) is 0.179. The molecular weight excluding hydrogens is 527 g/mol. The van der Waals surface area contributed by atoms with Crippen LogP contribution in [-0.2, 0) is 9.59 Å². The number of fused-ring (bicyclic) bond motifs is 5. The molecule has 180 valence electrons. The van der Waals surface area contributed by atoms with Gasteiger partial charge in [-0.05, 0) is 63.5 Å². The Balaban J connectivity index is 1.50. The standard InChI is InChI=1S/C28H20BrFN2O4/c1-36-21-11-10-16(14-18(21)29)26(33)25-23-22(24-17-7-3-2-6-15(17)12-13-31(24)25)27(34)32(28(23)35)20-9-5-4-8-19(20)30/h2-14,22-25H,1H3/t22-,23-,24-,25+/m1/s1. The lowest BCUT2D eigenvalue weighted by atomic mass is 9.83. The highest BCUT2D eigenvalue weighted by molar-refractivity contribution is 9.10. The molecule has 3 aromatic rings. The van der Waals surface area contributed by atoms with Gasteiger partial charge in [-0.2, -0.15) is 0 Å². The summed E-state index contributed by atoms with van der Waals surface area (Å²) in [6.07, 6.45) is 3.68. The largest absolute Gasteiger partial charge is 0.496 e. The van der Waals surface area contributed by atoms with Crippen LogP contribution in [0, 0.1) is 17.7 Å². The Morgan fingerprint density at radius 2 is 1.69 bits per heavy atom. The van der Waals surface area contributed by atoms with Crippen LogP contribution in [0.4, 0.5) is 10.1 Å². The SMILES string of the molecule is COc1ccc(C(=O)[C@@H]2[C@@H]3C(=O)N(c4ccccc4F)C(=O)[C@H]3[C@H]3c4ccccc4C=CN23)cc1Br. The van der Waals surface area contributed by atoms with Gasteiger partial charge in [0.15, 0.2) is 5.78 Å². The van der Waals surface area contributed by atoms with Gasteiger partial charge < -0.3 is 9.64 Å². The van der Waals surface area contributed by atoms with Gasteiger partial charge >= 0.3 is 0 Å². The summed E-state index contributed by atoms with van der Waals surface area (Å²) in [5.41, 5.74) is 2.07. The lowest BCUT2D eigenvalue weighted by molar-refractivity contribution is -0.123. The van der Waals surface area contributed by atoms with E-state index >= 15 is 0 Å². The molecule has 0 unspecified atom stereocenters. The van der Waals surface area contributed by atoms with Crippen molar-refractivity contribution in [2.24, 2.45) is 11.8 Å². The van der Waals surface area contributed by atoms with E-state index in [-0.39, 0.29) is 11.5 Å². The van der Waals surface area contributed by atoms with Crippen molar-refractivity contribution >= 4 is 45.3 Å². The lowest BCUT2D eigenvalue weighted by Crippen LogP contribution is -2.44. The van der Waals surface area contributed by atoms with Gasteiger partial charge in [-0.15, -0.1) is 0 Å². The number of carbonyl (C=O) groups excluding carboxylic acids is 3. The number of amides is 2. The first-order valence-electron chi connectivity index (χ1n) is 11.5. The Kier molecular flexibility index (Phi) is 5.30. The summed E-state index contributed by atoms with van der Waals surface area (Å²) in [6, 6.07) is 16.8. The van der Waals surface area contributed by atoms with Crippen molar-refractivity contribution in [3.05, 3.63) is 99.9 Å². The Morgan fingerprint density at radius 1 is 0.972 bits per heavy atom. The molecule has 3 aliphatic rings. The molecule has 6 rings (SSSR count). The molecule has 2 saturated heterocycles. The summed E-state index contributed by atoms with van der Waals surface area (Å²) in [4.78, 5) is 44.4. The third-order valence-corrected chi connectivity index (χ3v) is 7.88. The van der Waals surface area contributed by atoms with Crippen LogP contribution in [0.5, 0.6) is 5.75 Å². The fourth-order valence-electron chi connectivity index (χ4n) is 5.72. The quantitative estimate of drug-likeness (QED) is 0.340. The Bertz CT molecular complexity index is 1470. The van der Waals surface area contributed by atoms with Crippen LogP contribution in [0.15, 0.2) is 77.4 Å². The zero-order valence-electron chi connectivity index (χ0n) is 19.1. The number of halogens is 2. The van der Waals surface area contributed by atoms with Crippen LogP contribution in [0.25, 0.3) is 6.08 Å². The van der Waals surface area contributed by atoms with E-state index in [1.54, 1.807) is 30.5 Å². The van der Waals surface area contributed by atoms with E-state index in [4.69, 9.17) is 4.74 Å². The number of para-hydroxylation sites is 1. The third-order valence-electron chi connectivity index (χ3n) is 7.26. The molecule has 4 atom stereocenters. The molecule has 3 aromatic carbocycles. The van der Waals surface area contributed by atoms with E-state index < -0.39 is 41.6 Å².